The molecule has 0 aromatic heterocycles. The highest BCUT2D eigenvalue weighted by Crippen LogP contribution is 2.36. The van der Waals surface area contributed by atoms with Crippen molar-refractivity contribution in [2.75, 3.05) is 23.7 Å². The van der Waals surface area contributed by atoms with Crippen molar-refractivity contribution in [1.82, 2.24) is 4.90 Å². The summed E-state index contributed by atoms with van der Waals surface area (Å²) in [6.45, 7) is 7.13. The summed E-state index contributed by atoms with van der Waals surface area (Å²) in [5, 5.41) is 6.61. The Hall–Kier alpha value is -2.33. The standard InChI is InChI=1S/C21H25N3O/c1-15-7-8-16(2)17(13-15)14-24-11-9-21(10-12-24)20(25)22-18-5-3-4-6-19(18)23-21/h3-8,13,23H,9-12,14H2,1-2H3,(H,22,25). The van der Waals surface area contributed by atoms with Gasteiger partial charge in [0, 0.05) is 19.6 Å². The van der Waals surface area contributed by atoms with E-state index in [4.69, 9.17) is 0 Å². The van der Waals surface area contributed by atoms with Crippen LogP contribution in [0.1, 0.15) is 29.5 Å². The lowest BCUT2D eigenvalue weighted by Gasteiger charge is -2.44. The van der Waals surface area contributed by atoms with E-state index >= 15 is 0 Å². The van der Waals surface area contributed by atoms with Crippen LogP contribution >= 0.6 is 0 Å². The van der Waals surface area contributed by atoms with Gasteiger partial charge in [-0.1, -0.05) is 35.9 Å². The third kappa shape index (κ3) is 3.02. The molecule has 4 heteroatoms. The molecule has 4 rings (SSSR count). The van der Waals surface area contributed by atoms with Crippen LogP contribution < -0.4 is 10.6 Å². The summed E-state index contributed by atoms with van der Waals surface area (Å²) in [4.78, 5) is 15.2. The molecule has 0 radical (unpaired) electrons. The van der Waals surface area contributed by atoms with Crippen molar-refractivity contribution in [2.45, 2.75) is 38.8 Å². The van der Waals surface area contributed by atoms with E-state index in [1.807, 2.05) is 24.3 Å². The third-order valence-corrected chi connectivity index (χ3v) is 5.59. The van der Waals surface area contributed by atoms with Crippen molar-refractivity contribution in [2.24, 2.45) is 0 Å². The predicted octanol–water partition coefficient (Wildman–Crippen LogP) is 3.70. The van der Waals surface area contributed by atoms with Gasteiger partial charge in [0.1, 0.15) is 5.54 Å². The number of amides is 1. The van der Waals surface area contributed by atoms with Gasteiger partial charge in [0.25, 0.3) is 0 Å². The molecular weight excluding hydrogens is 310 g/mol. The second kappa shape index (κ2) is 6.19. The zero-order chi connectivity index (χ0) is 17.4. The van der Waals surface area contributed by atoms with Crippen molar-refractivity contribution in [3.05, 3.63) is 59.2 Å². The van der Waals surface area contributed by atoms with Crippen LogP contribution in [0.3, 0.4) is 0 Å². The maximum Gasteiger partial charge on any atom is 0.250 e. The zero-order valence-electron chi connectivity index (χ0n) is 14.9. The fraction of sp³-hybridized carbons (Fsp3) is 0.381. The lowest BCUT2D eigenvalue weighted by atomic mass is 9.84. The first kappa shape index (κ1) is 16.2. The molecule has 2 aliphatic rings. The average molecular weight is 335 g/mol. The number of rotatable bonds is 2. The Morgan fingerprint density at radius 1 is 1.04 bits per heavy atom. The fourth-order valence-corrected chi connectivity index (χ4v) is 3.91. The number of nitrogens with one attached hydrogen (secondary N) is 2. The molecule has 1 amide bonds. The van der Waals surface area contributed by atoms with Crippen molar-refractivity contribution in [1.29, 1.82) is 0 Å². The Morgan fingerprint density at radius 3 is 2.52 bits per heavy atom. The van der Waals surface area contributed by atoms with E-state index < -0.39 is 5.54 Å². The molecular formula is C21H25N3O. The van der Waals surface area contributed by atoms with Crippen LogP contribution in [0.4, 0.5) is 11.4 Å². The molecule has 1 spiro atoms. The molecule has 25 heavy (non-hydrogen) atoms. The SMILES string of the molecule is Cc1ccc(C)c(CN2CCC3(CC2)Nc2ccccc2NC3=O)c1. The number of aryl methyl sites for hydroxylation is 2. The van der Waals surface area contributed by atoms with Crippen molar-refractivity contribution < 1.29 is 4.79 Å². The highest BCUT2D eigenvalue weighted by molar-refractivity contribution is 6.06. The molecule has 0 aliphatic carbocycles. The highest BCUT2D eigenvalue weighted by Gasteiger charge is 2.44. The molecule has 130 valence electrons. The molecule has 2 aromatic rings. The monoisotopic (exact) mass is 335 g/mol. The maximum absolute atomic E-state index is 12.7. The number of nitrogens with zero attached hydrogens (tertiary/aromatic N) is 1. The summed E-state index contributed by atoms with van der Waals surface area (Å²) in [5.74, 6) is 0.109. The van der Waals surface area contributed by atoms with Crippen LogP contribution in [0.25, 0.3) is 0 Å². The summed E-state index contributed by atoms with van der Waals surface area (Å²) in [7, 11) is 0. The first-order valence-corrected chi connectivity index (χ1v) is 9.03. The van der Waals surface area contributed by atoms with Gasteiger partial charge >= 0.3 is 0 Å². The Balaban J connectivity index is 1.46. The van der Waals surface area contributed by atoms with E-state index in [0.717, 1.165) is 43.9 Å². The number of benzene rings is 2. The smallest absolute Gasteiger partial charge is 0.250 e. The molecule has 0 atom stereocenters. The van der Waals surface area contributed by atoms with E-state index in [1.165, 1.54) is 16.7 Å². The summed E-state index contributed by atoms with van der Waals surface area (Å²) in [5.41, 5.74) is 5.49. The topological polar surface area (TPSA) is 44.4 Å². The van der Waals surface area contributed by atoms with Crippen LogP contribution in [0.2, 0.25) is 0 Å². The molecule has 2 aliphatic heterocycles. The normalized spacial score (nSPS) is 19.2. The van der Waals surface area contributed by atoms with Crippen molar-refractivity contribution in [3.63, 3.8) is 0 Å². The molecule has 1 fully saturated rings. The predicted molar refractivity (Wildman–Crippen MR) is 102 cm³/mol. The quantitative estimate of drug-likeness (QED) is 0.879. The first-order chi connectivity index (χ1) is 12.1. The van der Waals surface area contributed by atoms with Gasteiger partial charge in [-0.2, -0.15) is 0 Å². The zero-order valence-corrected chi connectivity index (χ0v) is 14.9. The lowest BCUT2D eigenvalue weighted by Crippen LogP contribution is -2.58. The molecule has 1 saturated heterocycles. The number of anilines is 2. The summed E-state index contributed by atoms with van der Waals surface area (Å²) in [6.07, 6.45) is 1.66. The second-order valence-electron chi connectivity index (χ2n) is 7.41. The van der Waals surface area contributed by atoms with Crippen molar-refractivity contribution >= 4 is 17.3 Å². The Labute approximate surface area is 149 Å². The second-order valence-corrected chi connectivity index (χ2v) is 7.41. The van der Waals surface area contributed by atoms with E-state index in [9.17, 15) is 4.79 Å². The summed E-state index contributed by atoms with van der Waals surface area (Å²) in [6, 6.07) is 14.6. The van der Waals surface area contributed by atoms with Gasteiger partial charge in [0.2, 0.25) is 5.91 Å². The average Bonchev–Trinajstić information content (AvgIpc) is 2.61. The number of para-hydroxylation sites is 2. The molecule has 0 bridgehead atoms. The van der Waals surface area contributed by atoms with Gasteiger partial charge in [-0.25, -0.2) is 0 Å². The molecule has 2 aromatic carbocycles. The number of carbonyl (C=O) groups excluding carboxylic acids is 1. The molecule has 0 saturated carbocycles. The van der Waals surface area contributed by atoms with E-state index in [2.05, 4.69) is 47.6 Å². The number of hydrogen-bond donors (Lipinski definition) is 2. The minimum atomic E-state index is -0.466. The summed E-state index contributed by atoms with van der Waals surface area (Å²) < 4.78 is 0. The number of fused-ring (bicyclic) bond motifs is 1. The first-order valence-electron chi connectivity index (χ1n) is 9.03. The Kier molecular flexibility index (Phi) is 4.00. The molecule has 0 unspecified atom stereocenters. The number of carbonyl (C=O) groups is 1. The third-order valence-electron chi connectivity index (χ3n) is 5.59. The van der Waals surface area contributed by atoms with Crippen LogP contribution in [0, 0.1) is 13.8 Å². The van der Waals surface area contributed by atoms with Gasteiger partial charge in [-0.05, 0) is 49.9 Å². The highest BCUT2D eigenvalue weighted by atomic mass is 16.2. The van der Waals surface area contributed by atoms with Gasteiger partial charge in [0.05, 0.1) is 11.4 Å². The fourth-order valence-electron chi connectivity index (χ4n) is 3.91. The number of piperidine rings is 1. The van der Waals surface area contributed by atoms with Crippen LogP contribution in [0.15, 0.2) is 42.5 Å². The molecule has 2 heterocycles. The Bertz CT molecular complexity index is 807. The minimum absolute atomic E-state index is 0.109. The Morgan fingerprint density at radius 2 is 1.76 bits per heavy atom. The lowest BCUT2D eigenvalue weighted by molar-refractivity contribution is -0.122. The van der Waals surface area contributed by atoms with E-state index in [0.29, 0.717) is 0 Å². The largest absolute Gasteiger partial charge is 0.369 e. The number of hydrogen-bond acceptors (Lipinski definition) is 3. The van der Waals surface area contributed by atoms with Crippen molar-refractivity contribution in [3.8, 4) is 0 Å². The van der Waals surface area contributed by atoms with Gasteiger partial charge < -0.3 is 10.6 Å². The van der Waals surface area contributed by atoms with Crippen LogP contribution in [-0.4, -0.2) is 29.4 Å². The maximum atomic E-state index is 12.7. The minimum Gasteiger partial charge on any atom is -0.369 e. The molecule has 2 N–H and O–H groups in total. The molecule has 4 nitrogen and oxygen atoms in total. The van der Waals surface area contributed by atoms with Gasteiger partial charge in [-0.3, -0.25) is 9.69 Å². The van der Waals surface area contributed by atoms with E-state index in [1.54, 1.807) is 0 Å². The van der Waals surface area contributed by atoms with Gasteiger partial charge in [-0.15, -0.1) is 0 Å². The van der Waals surface area contributed by atoms with Crippen LogP contribution in [-0.2, 0) is 11.3 Å². The number of likely N-dealkylation sites (tertiary alicyclic amines) is 1. The van der Waals surface area contributed by atoms with Crippen LogP contribution in [0.5, 0.6) is 0 Å². The van der Waals surface area contributed by atoms with Gasteiger partial charge in [0.15, 0.2) is 0 Å². The van der Waals surface area contributed by atoms with E-state index in [-0.39, 0.29) is 5.91 Å². The summed E-state index contributed by atoms with van der Waals surface area (Å²) >= 11 is 0.